The molecule has 3 N–H and O–H groups in total. The molecule has 23 heavy (non-hydrogen) atoms. The van der Waals surface area contributed by atoms with Gasteiger partial charge in [0.05, 0.1) is 24.7 Å². The fraction of sp³-hybridized carbons (Fsp3) is 0.556. The third-order valence-electron chi connectivity index (χ3n) is 4.17. The summed E-state index contributed by atoms with van der Waals surface area (Å²) in [5.74, 6) is -0.238. The lowest BCUT2D eigenvalue weighted by Gasteiger charge is -2.29. The molecule has 0 saturated carbocycles. The van der Waals surface area contributed by atoms with Crippen molar-refractivity contribution in [1.82, 2.24) is 16.0 Å². The van der Waals surface area contributed by atoms with Crippen LogP contribution in [0.2, 0.25) is 0 Å². The normalized spacial score (nSPS) is 23.1. The van der Waals surface area contributed by atoms with Crippen LogP contribution in [0.5, 0.6) is 0 Å². The van der Waals surface area contributed by atoms with E-state index in [0.29, 0.717) is 0 Å². The highest BCUT2D eigenvalue weighted by Gasteiger charge is 2.29. The lowest BCUT2D eigenvalue weighted by Crippen LogP contribution is -2.59. The monoisotopic (exact) mass is 317 g/mol. The summed E-state index contributed by atoms with van der Waals surface area (Å²) in [5.41, 5.74) is 2.43. The van der Waals surface area contributed by atoms with Crippen LogP contribution in [0.3, 0.4) is 0 Å². The smallest absolute Gasteiger partial charge is 0.238 e. The molecule has 0 aliphatic carbocycles. The Hall–Kier alpha value is -1.88. The van der Waals surface area contributed by atoms with Gasteiger partial charge in [-0.25, -0.2) is 0 Å². The molecule has 126 valence electrons. The third-order valence-corrected chi connectivity index (χ3v) is 4.17. The Bertz CT molecular complexity index is 575. The molecule has 1 aromatic carbocycles. The summed E-state index contributed by atoms with van der Waals surface area (Å²) < 4.78 is 0. The summed E-state index contributed by atoms with van der Waals surface area (Å²) in [6.45, 7) is 10.3. The fourth-order valence-corrected chi connectivity index (χ4v) is 2.73. The maximum absolute atomic E-state index is 12.3. The van der Waals surface area contributed by atoms with Gasteiger partial charge in [-0.3, -0.25) is 14.9 Å². The van der Waals surface area contributed by atoms with Crippen molar-refractivity contribution in [2.75, 3.05) is 0 Å². The Labute approximate surface area is 138 Å². The van der Waals surface area contributed by atoms with Crippen molar-refractivity contribution in [2.45, 2.75) is 64.7 Å². The quantitative estimate of drug-likeness (QED) is 0.798. The predicted octanol–water partition coefficient (Wildman–Crippen LogP) is 1.99. The van der Waals surface area contributed by atoms with Gasteiger partial charge in [0.2, 0.25) is 11.8 Å². The maximum atomic E-state index is 12.3. The number of carbonyl (C=O) groups excluding carboxylic acids is 2. The number of rotatable bonds is 3. The van der Waals surface area contributed by atoms with Crippen molar-refractivity contribution in [3.8, 4) is 0 Å². The zero-order chi connectivity index (χ0) is 17.2. The van der Waals surface area contributed by atoms with Gasteiger partial charge in [0.15, 0.2) is 0 Å². The van der Waals surface area contributed by atoms with Gasteiger partial charge in [-0.1, -0.05) is 45.0 Å². The number of nitrogens with one attached hydrogen (secondary N) is 3. The Morgan fingerprint density at radius 1 is 1.26 bits per heavy atom. The van der Waals surface area contributed by atoms with Crippen LogP contribution in [0.15, 0.2) is 24.3 Å². The lowest BCUT2D eigenvalue weighted by molar-refractivity contribution is -0.132. The largest absolute Gasteiger partial charge is 0.348 e. The Morgan fingerprint density at radius 2 is 1.87 bits per heavy atom. The first-order valence-electron chi connectivity index (χ1n) is 8.13. The van der Waals surface area contributed by atoms with E-state index in [0.717, 1.165) is 5.56 Å². The Morgan fingerprint density at radius 3 is 2.39 bits per heavy atom. The van der Waals surface area contributed by atoms with Crippen molar-refractivity contribution in [2.24, 2.45) is 0 Å². The second-order valence-corrected chi connectivity index (χ2v) is 7.31. The molecule has 1 heterocycles. The van der Waals surface area contributed by atoms with Crippen LogP contribution in [-0.2, 0) is 15.0 Å². The number of hydrogen-bond acceptors (Lipinski definition) is 3. The molecule has 2 amide bonds. The van der Waals surface area contributed by atoms with Gasteiger partial charge in [0, 0.05) is 0 Å². The molecule has 0 spiro atoms. The number of benzene rings is 1. The summed E-state index contributed by atoms with van der Waals surface area (Å²) in [5, 5.41) is 8.81. The summed E-state index contributed by atoms with van der Waals surface area (Å²) in [6, 6.07) is 7.73. The first kappa shape index (κ1) is 17.5. The van der Waals surface area contributed by atoms with E-state index in [1.54, 1.807) is 0 Å². The van der Waals surface area contributed by atoms with E-state index in [9.17, 15) is 9.59 Å². The molecule has 3 atom stereocenters. The Balaban J connectivity index is 1.99. The molecule has 5 heteroatoms. The summed E-state index contributed by atoms with van der Waals surface area (Å²) in [4.78, 5) is 23.9. The number of amides is 2. The fourth-order valence-electron chi connectivity index (χ4n) is 2.73. The van der Waals surface area contributed by atoms with Crippen LogP contribution in [0.25, 0.3) is 0 Å². The summed E-state index contributed by atoms with van der Waals surface area (Å²) in [6.07, 6.45) is -0.0142. The molecule has 2 rings (SSSR count). The first-order valence-corrected chi connectivity index (χ1v) is 8.13. The van der Waals surface area contributed by atoms with Crippen molar-refractivity contribution in [1.29, 1.82) is 0 Å². The molecule has 0 aromatic heterocycles. The minimum atomic E-state index is -0.477. The molecule has 1 aliphatic heterocycles. The van der Waals surface area contributed by atoms with Gasteiger partial charge >= 0.3 is 0 Å². The van der Waals surface area contributed by atoms with Gasteiger partial charge in [-0.15, -0.1) is 0 Å². The van der Waals surface area contributed by atoms with Gasteiger partial charge in [-0.2, -0.15) is 0 Å². The minimum absolute atomic E-state index is 0.0985. The van der Waals surface area contributed by atoms with Gasteiger partial charge < -0.3 is 10.6 Å². The molecule has 0 bridgehead atoms. The standard InChI is InChI=1S/C18H27N3O2/c1-11(13-6-8-14(9-7-13)18(3,4)5)19-17(23)15-10-16(22)21-12(2)20-15/h6-9,11-12,15,20H,10H2,1-5H3,(H,19,23)(H,21,22). The predicted molar refractivity (Wildman–Crippen MR) is 90.8 cm³/mol. The van der Waals surface area contributed by atoms with Gasteiger partial charge in [0.25, 0.3) is 0 Å². The van der Waals surface area contributed by atoms with Crippen LogP contribution in [0.1, 0.15) is 58.2 Å². The molecule has 1 fully saturated rings. The van der Waals surface area contributed by atoms with Gasteiger partial charge in [-0.05, 0) is 30.4 Å². The van der Waals surface area contributed by atoms with E-state index in [1.165, 1.54) is 5.56 Å². The molecule has 5 nitrogen and oxygen atoms in total. The topological polar surface area (TPSA) is 70.2 Å². The SMILES string of the molecule is CC1NC(=O)CC(C(=O)NC(C)c2ccc(C(C)(C)C)cc2)N1. The van der Waals surface area contributed by atoms with Gasteiger partial charge in [0.1, 0.15) is 0 Å². The highest BCUT2D eigenvalue weighted by Crippen LogP contribution is 2.24. The average Bonchev–Trinajstić information content (AvgIpc) is 2.45. The number of hydrogen-bond donors (Lipinski definition) is 3. The molecular formula is C18H27N3O2. The van der Waals surface area contributed by atoms with E-state index in [1.807, 2.05) is 13.8 Å². The summed E-state index contributed by atoms with van der Waals surface area (Å²) >= 11 is 0. The van der Waals surface area contributed by atoms with E-state index < -0.39 is 6.04 Å². The molecular weight excluding hydrogens is 290 g/mol. The van der Waals surface area contributed by atoms with Crippen LogP contribution >= 0.6 is 0 Å². The molecule has 1 aromatic rings. The highest BCUT2D eigenvalue weighted by atomic mass is 16.2. The van der Waals surface area contributed by atoms with Crippen LogP contribution < -0.4 is 16.0 Å². The van der Waals surface area contributed by atoms with E-state index in [2.05, 4.69) is 61.0 Å². The van der Waals surface area contributed by atoms with Crippen molar-refractivity contribution >= 4 is 11.8 Å². The second-order valence-electron chi connectivity index (χ2n) is 7.31. The molecule has 1 saturated heterocycles. The van der Waals surface area contributed by atoms with Crippen LogP contribution in [0, 0.1) is 0 Å². The average molecular weight is 317 g/mol. The van der Waals surface area contributed by atoms with E-state index >= 15 is 0 Å². The molecule has 0 radical (unpaired) electrons. The minimum Gasteiger partial charge on any atom is -0.348 e. The van der Waals surface area contributed by atoms with Crippen LogP contribution in [-0.4, -0.2) is 24.0 Å². The second kappa shape index (κ2) is 6.71. The molecule has 3 unspecified atom stereocenters. The summed E-state index contributed by atoms with van der Waals surface area (Å²) in [7, 11) is 0. The first-order chi connectivity index (χ1) is 10.7. The highest BCUT2D eigenvalue weighted by molar-refractivity contribution is 5.89. The maximum Gasteiger partial charge on any atom is 0.238 e. The van der Waals surface area contributed by atoms with E-state index in [4.69, 9.17) is 0 Å². The van der Waals surface area contributed by atoms with Crippen LogP contribution in [0.4, 0.5) is 0 Å². The van der Waals surface area contributed by atoms with Crippen molar-refractivity contribution in [3.05, 3.63) is 35.4 Å². The third kappa shape index (κ3) is 4.55. The zero-order valence-corrected chi connectivity index (χ0v) is 14.6. The van der Waals surface area contributed by atoms with Crippen molar-refractivity contribution < 1.29 is 9.59 Å². The Kier molecular flexibility index (Phi) is 5.09. The number of carbonyl (C=O) groups is 2. The van der Waals surface area contributed by atoms with Crippen molar-refractivity contribution in [3.63, 3.8) is 0 Å². The lowest BCUT2D eigenvalue weighted by atomic mass is 9.86. The van der Waals surface area contributed by atoms with E-state index in [-0.39, 0.29) is 35.9 Å². The zero-order valence-electron chi connectivity index (χ0n) is 14.6. The molecule has 1 aliphatic rings.